The van der Waals surface area contributed by atoms with Crippen LogP contribution in [0.25, 0.3) is 5.69 Å². The molecule has 0 aliphatic carbocycles. The van der Waals surface area contributed by atoms with E-state index in [1.54, 1.807) is 18.6 Å². The molecule has 0 aromatic carbocycles. The van der Waals surface area contributed by atoms with Gasteiger partial charge in [0.1, 0.15) is 5.82 Å². The van der Waals surface area contributed by atoms with E-state index in [0.717, 1.165) is 16.0 Å². The lowest BCUT2D eigenvalue weighted by molar-refractivity contribution is 0.959. The minimum absolute atomic E-state index is 0.953. The minimum Gasteiger partial charge on any atom is -0.301 e. The highest BCUT2D eigenvalue weighted by molar-refractivity contribution is 9.10. The molecule has 0 unspecified atom stereocenters. The summed E-state index contributed by atoms with van der Waals surface area (Å²) in [5.74, 6) is 0.953. The van der Waals surface area contributed by atoms with E-state index < -0.39 is 0 Å². The zero-order valence-corrected chi connectivity index (χ0v) is 8.69. The van der Waals surface area contributed by atoms with Crippen molar-refractivity contribution >= 4 is 15.9 Å². The van der Waals surface area contributed by atoms with Gasteiger partial charge in [-0.3, -0.25) is 4.98 Å². The summed E-state index contributed by atoms with van der Waals surface area (Å²) in [5.41, 5.74) is 1.01. The van der Waals surface area contributed by atoms with Gasteiger partial charge >= 0.3 is 0 Å². The first kappa shape index (κ1) is 8.44. The van der Waals surface area contributed by atoms with Crippen LogP contribution in [-0.2, 0) is 0 Å². The quantitative estimate of drug-likeness (QED) is 0.763. The molecule has 2 rings (SSSR count). The van der Waals surface area contributed by atoms with E-state index >= 15 is 0 Å². The first-order valence-corrected chi connectivity index (χ1v) is 4.68. The number of nitrogens with zero attached hydrogens (tertiary/aromatic N) is 3. The average molecular weight is 238 g/mol. The van der Waals surface area contributed by atoms with Crippen molar-refractivity contribution in [2.75, 3.05) is 0 Å². The highest BCUT2D eigenvalue weighted by Crippen LogP contribution is 2.19. The number of hydrogen-bond donors (Lipinski definition) is 0. The van der Waals surface area contributed by atoms with Gasteiger partial charge in [-0.15, -0.1) is 0 Å². The molecule has 0 N–H and O–H groups in total. The van der Waals surface area contributed by atoms with Crippen molar-refractivity contribution < 1.29 is 0 Å². The first-order valence-electron chi connectivity index (χ1n) is 3.89. The van der Waals surface area contributed by atoms with Crippen molar-refractivity contribution in [3.05, 3.63) is 41.2 Å². The van der Waals surface area contributed by atoms with E-state index in [1.165, 1.54) is 0 Å². The Morgan fingerprint density at radius 3 is 2.85 bits per heavy atom. The van der Waals surface area contributed by atoms with E-state index in [-0.39, 0.29) is 0 Å². The van der Waals surface area contributed by atoms with Crippen molar-refractivity contribution in [2.45, 2.75) is 6.92 Å². The third-order valence-electron chi connectivity index (χ3n) is 1.83. The molecule has 0 aliphatic heterocycles. The van der Waals surface area contributed by atoms with Crippen molar-refractivity contribution in [3.8, 4) is 5.69 Å². The molecule has 0 fully saturated rings. The second-order valence-corrected chi connectivity index (χ2v) is 3.53. The lowest BCUT2D eigenvalue weighted by atomic mass is 10.4. The maximum Gasteiger partial charge on any atom is 0.110 e. The fourth-order valence-corrected chi connectivity index (χ4v) is 1.59. The summed E-state index contributed by atoms with van der Waals surface area (Å²) in [4.78, 5) is 8.21. The topological polar surface area (TPSA) is 30.7 Å². The van der Waals surface area contributed by atoms with Crippen molar-refractivity contribution in [1.82, 2.24) is 14.5 Å². The van der Waals surface area contributed by atoms with Crippen LogP contribution < -0.4 is 0 Å². The lowest BCUT2D eigenvalue weighted by Crippen LogP contribution is -1.96. The Morgan fingerprint density at radius 2 is 2.23 bits per heavy atom. The van der Waals surface area contributed by atoms with Crippen LogP contribution in [0.5, 0.6) is 0 Å². The van der Waals surface area contributed by atoms with E-state index in [9.17, 15) is 0 Å². The van der Waals surface area contributed by atoms with Gasteiger partial charge in [0.05, 0.1) is 11.9 Å². The zero-order valence-electron chi connectivity index (χ0n) is 7.11. The van der Waals surface area contributed by atoms with Crippen LogP contribution >= 0.6 is 15.9 Å². The van der Waals surface area contributed by atoms with Gasteiger partial charge in [0.25, 0.3) is 0 Å². The summed E-state index contributed by atoms with van der Waals surface area (Å²) in [7, 11) is 0. The summed E-state index contributed by atoms with van der Waals surface area (Å²) in [6, 6.07) is 1.91. The van der Waals surface area contributed by atoms with Gasteiger partial charge in [0.15, 0.2) is 0 Å². The molecule has 0 amide bonds. The second-order valence-electron chi connectivity index (χ2n) is 2.67. The number of imidazole rings is 1. The van der Waals surface area contributed by atoms with Gasteiger partial charge in [-0.1, -0.05) is 0 Å². The van der Waals surface area contributed by atoms with Crippen LogP contribution in [-0.4, -0.2) is 14.5 Å². The number of hydrogen-bond acceptors (Lipinski definition) is 2. The molecule has 66 valence electrons. The minimum atomic E-state index is 0.953. The van der Waals surface area contributed by atoms with Crippen LogP contribution in [0.1, 0.15) is 5.82 Å². The molecule has 2 aromatic heterocycles. The standard InChI is InChI=1S/C9H8BrN3/c1-7-12-4-5-13(7)9-6-11-3-2-8(9)10/h2-6H,1H3. The predicted molar refractivity (Wildman–Crippen MR) is 53.8 cm³/mol. The van der Waals surface area contributed by atoms with Crippen LogP contribution in [0.3, 0.4) is 0 Å². The second kappa shape index (κ2) is 3.30. The normalized spacial score (nSPS) is 10.3. The largest absolute Gasteiger partial charge is 0.301 e. The Kier molecular flexibility index (Phi) is 2.14. The van der Waals surface area contributed by atoms with Gasteiger partial charge < -0.3 is 4.57 Å². The molecule has 4 heteroatoms. The fraction of sp³-hybridized carbons (Fsp3) is 0.111. The summed E-state index contributed by atoms with van der Waals surface area (Å²) < 4.78 is 3.00. The number of pyridine rings is 1. The predicted octanol–water partition coefficient (Wildman–Crippen LogP) is 2.34. The van der Waals surface area contributed by atoms with Crippen LogP contribution in [0.4, 0.5) is 0 Å². The summed E-state index contributed by atoms with van der Waals surface area (Å²) in [6.07, 6.45) is 7.24. The van der Waals surface area contributed by atoms with Gasteiger partial charge in [-0.2, -0.15) is 0 Å². The van der Waals surface area contributed by atoms with Gasteiger partial charge in [-0.05, 0) is 28.9 Å². The highest BCUT2D eigenvalue weighted by atomic mass is 79.9. The van der Waals surface area contributed by atoms with E-state index in [2.05, 4.69) is 25.9 Å². The lowest BCUT2D eigenvalue weighted by Gasteiger charge is -2.05. The molecule has 2 heterocycles. The maximum atomic E-state index is 4.15. The molecule has 0 bridgehead atoms. The number of aromatic nitrogens is 3. The number of halogens is 1. The van der Waals surface area contributed by atoms with Gasteiger partial charge in [0.2, 0.25) is 0 Å². The van der Waals surface area contributed by atoms with Crippen LogP contribution in [0, 0.1) is 6.92 Å². The average Bonchev–Trinajstić information content (AvgIpc) is 2.52. The van der Waals surface area contributed by atoms with E-state index in [4.69, 9.17) is 0 Å². The Bertz CT molecular complexity index is 422. The molecule has 0 saturated heterocycles. The molecular formula is C9H8BrN3. The monoisotopic (exact) mass is 237 g/mol. The number of rotatable bonds is 1. The van der Waals surface area contributed by atoms with Crippen LogP contribution in [0.15, 0.2) is 35.3 Å². The van der Waals surface area contributed by atoms with E-state index in [0.29, 0.717) is 0 Å². The Hall–Kier alpha value is -1.16. The molecule has 0 radical (unpaired) electrons. The van der Waals surface area contributed by atoms with E-state index in [1.807, 2.05) is 23.8 Å². The van der Waals surface area contributed by atoms with Gasteiger partial charge in [-0.25, -0.2) is 4.98 Å². The van der Waals surface area contributed by atoms with Gasteiger partial charge in [0, 0.05) is 23.1 Å². The zero-order chi connectivity index (χ0) is 9.26. The third kappa shape index (κ3) is 1.49. The SMILES string of the molecule is Cc1nccn1-c1cnccc1Br. The van der Waals surface area contributed by atoms with Crippen molar-refractivity contribution in [3.63, 3.8) is 0 Å². The van der Waals surface area contributed by atoms with Crippen LogP contribution in [0.2, 0.25) is 0 Å². The van der Waals surface area contributed by atoms with Crippen molar-refractivity contribution in [2.24, 2.45) is 0 Å². The Labute approximate surface area is 84.6 Å². The Morgan fingerprint density at radius 1 is 1.38 bits per heavy atom. The molecule has 13 heavy (non-hydrogen) atoms. The molecule has 3 nitrogen and oxygen atoms in total. The summed E-state index contributed by atoms with van der Waals surface area (Å²) in [6.45, 7) is 1.96. The number of aryl methyl sites for hydroxylation is 1. The van der Waals surface area contributed by atoms with Crippen molar-refractivity contribution in [1.29, 1.82) is 0 Å². The maximum absolute atomic E-state index is 4.15. The first-order chi connectivity index (χ1) is 6.29. The highest BCUT2D eigenvalue weighted by Gasteiger charge is 2.03. The Balaban J connectivity index is 2.59. The molecule has 2 aromatic rings. The summed E-state index contributed by atoms with van der Waals surface area (Å²) >= 11 is 3.46. The molecular weight excluding hydrogens is 230 g/mol. The smallest absolute Gasteiger partial charge is 0.110 e. The molecule has 0 saturated carbocycles. The molecule has 0 spiro atoms. The molecule has 0 aliphatic rings. The molecule has 0 atom stereocenters. The summed E-state index contributed by atoms with van der Waals surface area (Å²) in [5, 5.41) is 0. The fourth-order valence-electron chi connectivity index (χ4n) is 1.18. The third-order valence-corrected chi connectivity index (χ3v) is 2.50.